The predicted octanol–water partition coefficient (Wildman–Crippen LogP) is 2.15. The summed E-state index contributed by atoms with van der Waals surface area (Å²) in [5.41, 5.74) is -1.52. The Labute approximate surface area is 133 Å². The molecule has 0 aliphatic heterocycles. The average molecular weight is 352 g/mol. The summed E-state index contributed by atoms with van der Waals surface area (Å²) in [7, 11) is -3.42. The molecule has 0 heterocycles. The van der Waals surface area contributed by atoms with Crippen molar-refractivity contribution in [2.45, 2.75) is 25.9 Å². The largest absolute Gasteiger partial charge is 0.417 e. The van der Waals surface area contributed by atoms with E-state index in [9.17, 15) is 26.4 Å². The Bertz CT molecular complexity index is 630. The van der Waals surface area contributed by atoms with Crippen molar-refractivity contribution in [3.8, 4) is 0 Å². The molecule has 0 fully saturated rings. The molecule has 5 nitrogen and oxygen atoms in total. The van der Waals surface area contributed by atoms with E-state index in [2.05, 4.69) is 10.0 Å². The molecule has 130 valence electrons. The molecule has 1 aromatic carbocycles. The van der Waals surface area contributed by atoms with Crippen LogP contribution in [0.25, 0.3) is 0 Å². The second kappa shape index (κ2) is 8.30. The second-order valence-corrected chi connectivity index (χ2v) is 6.79. The summed E-state index contributed by atoms with van der Waals surface area (Å²) in [5.74, 6) is -0.917. The van der Waals surface area contributed by atoms with E-state index in [1.54, 1.807) is 0 Å². The minimum absolute atomic E-state index is 0.0195. The number of unbranched alkanes of at least 4 members (excludes halogenated alkanes) is 1. The van der Waals surface area contributed by atoms with Crippen LogP contribution in [0.4, 0.5) is 13.2 Å². The third kappa shape index (κ3) is 6.57. The summed E-state index contributed by atoms with van der Waals surface area (Å²) in [6.45, 7) is 1.68. The zero-order valence-electron chi connectivity index (χ0n) is 12.6. The quantitative estimate of drug-likeness (QED) is 0.704. The molecule has 0 aliphatic carbocycles. The summed E-state index contributed by atoms with van der Waals surface area (Å²) >= 11 is 0. The molecule has 1 aromatic rings. The lowest BCUT2D eigenvalue weighted by Gasteiger charge is -2.13. The zero-order valence-corrected chi connectivity index (χ0v) is 13.4. The third-order valence-corrected chi connectivity index (χ3v) is 4.45. The number of nitrogens with one attached hydrogen (secondary N) is 2. The van der Waals surface area contributed by atoms with E-state index in [0.29, 0.717) is 6.42 Å². The fraction of sp³-hybridized carbons (Fsp3) is 0.500. The van der Waals surface area contributed by atoms with E-state index in [-0.39, 0.29) is 18.8 Å². The number of benzene rings is 1. The molecule has 0 bridgehead atoms. The second-order valence-electron chi connectivity index (χ2n) is 4.87. The standard InChI is InChI=1S/C14H19F3N2O3S/c1-2-3-10-23(21,22)19-9-8-18-13(20)11-6-4-5-7-12(11)14(15,16)17/h4-7,19H,2-3,8-10H2,1H3,(H,18,20). The smallest absolute Gasteiger partial charge is 0.351 e. The van der Waals surface area contributed by atoms with Crippen LogP contribution >= 0.6 is 0 Å². The fourth-order valence-electron chi connectivity index (χ4n) is 1.81. The molecule has 1 rings (SSSR count). The van der Waals surface area contributed by atoms with Crippen LogP contribution in [-0.4, -0.2) is 33.2 Å². The van der Waals surface area contributed by atoms with Gasteiger partial charge in [0.05, 0.1) is 16.9 Å². The predicted molar refractivity (Wildman–Crippen MR) is 80.5 cm³/mol. The summed E-state index contributed by atoms with van der Waals surface area (Å²) < 4.78 is 63.7. The molecule has 2 N–H and O–H groups in total. The average Bonchev–Trinajstić information content (AvgIpc) is 2.48. The molecule has 0 radical (unpaired) electrons. The van der Waals surface area contributed by atoms with Gasteiger partial charge in [-0.3, -0.25) is 4.79 Å². The van der Waals surface area contributed by atoms with E-state index >= 15 is 0 Å². The van der Waals surface area contributed by atoms with Crippen LogP contribution in [-0.2, 0) is 16.2 Å². The Morgan fingerprint density at radius 3 is 2.43 bits per heavy atom. The molecule has 9 heteroatoms. The van der Waals surface area contributed by atoms with Crippen molar-refractivity contribution in [3.05, 3.63) is 35.4 Å². The minimum Gasteiger partial charge on any atom is -0.351 e. The molecule has 0 aliphatic rings. The number of amides is 1. The van der Waals surface area contributed by atoms with Crippen molar-refractivity contribution in [2.24, 2.45) is 0 Å². The lowest BCUT2D eigenvalue weighted by atomic mass is 10.1. The summed E-state index contributed by atoms with van der Waals surface area (Å²) in [6, 6.07) is 4.42. The maximum Gasteiger partial charge on any atom is 0.417 e. The highest BCUT2D eigenvalue weighted by Gasteiger charge is 2.34. The first kappa shape index (κ1) is 19.4. The van der Waals surface area contributed by atoms with E-state index < -0.39 is 33.2 Å². The normalized spacial score (nSPS) is 12.2. The molecule has 0 saturated heterocycles. The van der Waals surface area contributed by atoms with Gasteiger partial charge < -0.3 is 5.32 Å². The molecule has 1 amide bonds. The van der Waals surface area contributed by atoms with Gasteiger partial charge in [-0.15, -0.1) is 0 Å². The van der Waals surface area contributed by atoms with Gasteiger partial charge in [0.15, 0.2) is 0 Å². The molecule has 0 spiro atoms. The topological polar surface area (TPSA) is 75.3 Å². The molecule has 0 atom stereocenters. The Morgan fingerprint density at radius 1 is 1.17 bits per heavy atom. The van der Waals surface area contributed by atoms with Crippen molar-refractivity contribution in [1.29, 1.82) is 0 Å². The first-order valence-corrected chi connectivity index (χ1v) is 8.74. The van der Waals surface area contributed by atoms with E-state index in [1.807, 2.05) is 6.92 Å². The first-order chi connectivity index (χ1) is 10.7. The molecule has 0 saturated carbocycles. The highest BCUT2D eigenvalue weighted by molar-refractivity contribution is 7.89. The van der Waals surface area contributed by atoms with Crippen LogP contribution in [0.5, 0.6) is 0 Å². The lowest BCUT2D eigenvalue weighted by Crippen LogP contribution is -2.36. The fourth-order valence-corrected chi connectivity index (χ4v) is 3.04. The first-order valence-electron chi connectivity index (χ1n) is 7.09. The summed E-state index contributed by atoms with van der Waals surface area (Å²) in [4.78, 5) is 11.8. The van der Waals surface area contributed by atoms with Crippen molar-refractivity contribution < 1.29 is 26.4 Å². The van der Waals surface area contributed by atoms with Crippen LogP contribution in [0.15, 0.2) is 24.3 Å². The number of hydrogen-bond acceptors (Lipinski definition) is 3. The Morgan fingerprint density at radius 2 is 1.83 bits per heavy atom. The van der Waals surface area contributed by atoms with Gasteiger partial charge in [-0.25, -0.2) is 13.1 Å². The van der Waals surface area contributed by atoms with Gasteiger partial charge in [-0.05, 0) is 18.6 Å². The van der Waals surface area contributed by atoms with Gasteiger partial charge in [0.2, 0.25) is 10.0 Å². The molecular weight excluding hydrogens is 333 g/mol. The number of hydrogen-bond donors (Lipinski definition) is 2. The number of rotatable bonds is 8. The molecular formula is C14H19F3N2O3S. The highest BCUT2D eigenvalue weighted by atomic mass is 32.2. The van der Waals surface area contributed by atoms with Crippen molar-refractivity contribution in [3.63, 3.8) is 0 Å². The Balaban J connectivity index is 2.56. The maximum atomic E-state index is 12.8. The Hall–Kier alpha value is -1.61. The zero-order chi connectivity index (χ0) is 17.5. The van der Waals surface area contributed by atoms with E-state index in [0.717, 1.165) is 18.6 Å². The molecule has 0 aromatic heterocycles. The van der Waals surface area contributed by atoms with Gasteiger partial charge >= 0.3 is 6.18 Å². The van der Waals surface area contributed by atoms with Gasteiger partial charge in [0.1, 0.15) is 0 Å². The Kier molecular flexibility index (Phi) is 7.01. The number of carbonyl (C=O) groups is 1. The SMILES string of the molecule is CCCCS(=O)(=O)NCCNC(=O)c1ccccc1C(F)(F)F. The number of carbonyl (C=O) groups excluding carboxylic acids is 1. The van der Waals surface area contributed by atoms with Gasteiger partial charge in [0, 0.05) is 13.1 Å². The van der Waals surface area contributed by atoms with Crippen LogP contribution < -0.4 is 10.0 Å². The van der Waals surface area contributed by atoms with Crippen LogP contribution in [0.2, 0.25) is 0 Å². The highest BCUT2D eigenvalue weighted by Crippen LogP contribution is 2.31. The summed E-state index contributed by atoms with van der Waals surface area (Å²) in [5, 5.41) is 2.27. The third-order valence-electron chi connectivity index (χ3n) is 2.98. The van der Waals surface area contributed by atoms with Crippen LogP contribution in [0, 0.1) is 0 Å². The lowest BCUT2D eigenvalue weighted by molar-refractivity contribution is -0.137. The van der Waals surface area contributed by atoms with Gasteiger partial charge in [0.25, 0.3) is 5.91 Å². The summed E-state index contributed by atoms with van der Waals surface area (Å²) in [6.07, 6.45) is -3.39. The molecule has 23 heavy (non-hydrogen) atoms. The van der Waals surface area contributed by atoms with Crippen molar-refractivity contribution in [2.75, 3.05) is 18.8 Å². The van der Waals surface area contributed by atoms with E-state index in [4.69, 9.17) is 0 Å². The number of sulfonamides is 1. The number of halogens is 3. The van der Waals surface area contributed by atoms with Crippen molar-refractivity contribution in [1.82, 2.24) is 10.0 Å². The number of alkyl halides is 3. The monoisotopic (exact) mass is 352 g/mol. The van der Waals surface area contributed by atoms with Crippen LogP contribution in [0.1, 0.15) is 35.7 Å². The molecule has 0 unspecified atom stereocenters. The van der Waals surface area contributed by atoms with Gasteiger partial charge in [-0.1, -0.05) is 25.5 Å². The maximum absolute atomic E-state index is 12.8. The van der Waals surface area contributed by atoms with E-state index in [1.165, 1.54) is 12.1 Å². The van der Waals surface area contributed by atoms with Crippen LogP contribution in [0.3, 0.4) is 0 Å². The van der Waals surface area contributed by atoms with Crippen molar-refractivity contribution >= 4 is 15.9 Å². The minimum atomic E-state index is -4.63. The van der Waals surface area contributed by atoms with Gasteiger partial charge in [-0.2, -0.15) is 13.2 Å².